The predicted octanol–water partition coefficient (Wildman–Crippen LogP) is 1.98. The highest BCUT2D eigenvalue weighted by Gasteiger charge is 2.29. The van der Waals surface area contributed by atoms with Gasteiger partial charge < -0.3 is 10.1 Å². The van der Waals surface area contributed by atoms with E-state index in [0.717, 1.165) is 10.5 Å². The van der Waals surface area contributed by atoms with Crippen molar-refractivity contribution in [1.82, 2.24) is 10.2 Å². The average Bonchev–Trinajstić information content (AvgIpc) is 2.65. The van der Waals surface area contributed by atoms with Crippen LogP contribution in [0.15, 0.2) is 28.4 Å². The number of urea groups is 1. The molecule has 0 spiro atoms. The number of nitrogens with zero attached hydrogens (tertiary/aromatic N) is 1. The first kappa shape index (κ1) is 14.2. The Morgan fingerprint density at radius 2 is 2.25 bits per heavy atom. The lowest BCUT2D eigenvalue weighted by Gasteiger charge is -2.06. The number of hydrogen-bond donors (Lipinski definition) is 1. The Balaban J connectivity index is 2.23. The summed E-state index contributed by atoms with van der Waals surface area (Å²) in [5, 5.41) is 2.50. The van der Waals surface area contributed by atoms with Crippen LogP contribution in [0.4, 0.5) is 4.79 Å². The highest BCUT2D eigenvalue weighted by atomic mass is 79.9. The third-order valence-corrected chi connectivity index (χ3v) is 3.28. The molecule has 102 valence electrons. The Bertz CT molecular complexity index is 646. The van der Waals surface area contributed by atoms with Gasteiger partial charge in [0.05, 0.1) is 4.47 Å². The fraction of sp³-hybridized carbons (Fsp3) is 0.143. The quantitative estimate of drug-likeness (QED) is 0.522. The summed E-state index contributed by atoms with van der Waals surface area (Å²) < 4.78 is 6.03. The Morgan fingerprint density at radius 3 is 2.80 bits per heavy atom. The SMILES string of the molecule is C#CCOc1ccc(/C=C2/NC(=O)N(C)C2=O)cc1Br. The summed E-state index contributed by atoms with van der Waals surface area (Å²) in [5.74, 6) is 2.63. The summed E-state index contributed by atoms with van der Waals surface area (Å²) in [6.07, 6.45) is 6.72. The molecule has 0 saturated carbocycles. The highest BCUT2D eigenvalue weighted by molar-refractivity contribution is 9.10. The van der Waals surface area contributed by atoms with Crippen molar-refractivity contribution < 1.29 is 14.3 Å². The van der Waals surface area contributed by atoms with Crippen LogP contribution >= 0.6 is 15.9 Å². The molecule has 3 amide bonds. The first-order valence-electron chi connectivity index (χ1n) is 5.69. The molecule has 1 aliphatic rings. The molecule has 1 aromatic carbocycles. The van der Waals surface area contributed by atoms with Crippen LogP contribution in [0.1, 0.15) is 5.56 Å². The van der Waals surface area contributed by atoms with Crippen molar-refractivity contribution >= 4 is 33.9 Å². The summed E-state index contributed by atoms with van der Waals surface area (Å²) in [5.41, 5.74) is 0.991. The largest absolute Gasteiger partial charge is 0.480 e. The van der Waals surface area contributed by atoms with Crippen molar-refractivity contribution in [2.75, 3.05) is 13.7 Å². The highest BCUT2D eigenvalue weighted by Crippen LogP contribution is 2.27. The van der Waals surface area contributed by atoms with E-state index in [1.54, 1.807) is 24.3 Å². The van der Waals surface area contributed by atoms with E-state index in [2.05, 4.69) is 27.2 Å². The van der Waals surface area contributed by atoms with Crippen molar-refractivity contribution in [3.05, 3.63) is 33.9 Å². The van der Waals surface area contributed by atoms with Crippen molar-refractivity contribution in [3.63, 3.8) is 0 Å². The molecular weight excluding hydrogens is 324 g/mol. The van der Waals surface area contributed by atoms with E-state index < -0.39 is 6.03 Å². The molecule has 0 unspecified atom stereocenters. The minimum absolute atomic E-state index is 0.179. The lowest BCUT2D eigenvalue weighted by Crippen LogP contribution is -2.25. The van der Waals surface area contributed by atoms with Gasteiger partial charge in [0.25, 0.3) is 5.91 Å². The number of hydrogen-bond acceptors (Lipinski definition) is 3. The van der Waals surface area contributed by atoms with Gasteiger partial charge in [0.15, 0.2) is 0 Å². The normalized spacial score (nSPS) is 16.2. The number of benzene rings is 1. The molecule has 1 aromatic rings. The molecule has 0 aliphatic carbocycles. The first-order chi connectivity index (χ1) is 9.52. The van der Waals surface area contributed by atoms with E-state index in [9.17, 15) is 9.59 Å². The number of carbonyl (C=O) groups is 2. The van der Waals surface area contributed by atoms with Gasteiger partial charge >= 0.3 is 6.03 Å². The fourth-order valence-corrected chi connectivity index (χ4v) is 2.14. The maximum absolute atomic E-state index is 11.7. The van der Waals surface area contributed by atoms with Crippen LogP contribution in [-0.4, -0.2) is 30.5 Å². The molecule has 1 N–H and O–H groups in total. The molecule has 0 bridgehead atoms. The van der Waals surface area contributed by atoms with Crippen LogP contribution in [0.3, 0.4) is 0 Å². The second-order valence-corrected chi connectivity index (χ2v) is 4.89. The van der Waals surface area contributed by atoms with Gasteiger partial charge in [-0.1, -0.05) is 12.0 Å². The van der Waals surface area contributed by atoms with Crippen LogP contribution < -0.4 is 10.1 Å². The van der Waals surface area contributed by atoms with Gasteiger partial charge in [-0.2, -0.15) is 0 Å². The number of amides is 3. The predicted molar refractivity (Wildman–Crippen MR) is 77.7 cm³/mol. The third kappa shape index (κ3) is 2.83. The van der Waals surface area contributed by atoms with Gasteiger partial charge in [-0.25, -0.2) is 4.79 Å². The van der Waals surface area contributed by atoms with Crippen molar-refractivity contribution in [2.24, 2.45) is 0 Å². The van der Waals surface area contributed by atoms with E-state index in [1.165, 1.54) is 7.05 Å². The summed E-state index contributed by atoms with van der Waals surface area (Å²) in [4.78, 5) is 24.1. The summed E-state index contributed by atoms with van der Waals surface area (Å²) in [7, 11) is 1.42. The van der Waals surface area contributed by atoms with Gasteiger partial charge in [0.1, 0.15) is 18.1 Å². The molecule has 1 fully saturated rings. The molecule has 2 rings (SSSR count). The van der Waals surface area contributed by atoms with Gasteiger partial charge in [-0.3, -0.25) is 9.69 Å². The Hall–Kier alpha value is -2.26. The van der Waals surface area contributed by atoms with Gasteiger partial charge in [0, 0.05) is 7.05 Å². The van der Waals surface area contributed by atoms with Crippen LogP contribution in [0.5, 0.6) is 5.75 Å². The van der Waals surface area contributed by atoms with Crippen LogP contribution in [0, 0.1) is 12.3 Å². The van der Waals surface area contributed by atoms with E-state index in [1.807, 2.05) is 0 Å². The van der Waals surface area contributed by atoms with Gasteiger partial charge in [0.2, 0.25) is 0 Å². The van der Waals surface area contributed by atoms with E-state index in [4.69, 9.17) is 11.2 Å². The zero-order valence-electron chi connectivity index (χ0n) is 10.6. The van der Waals surface area contributed by atoms with Crippen LogP contribution in [-0.2, 0) is 4.79 Å². The summed E-state index contributed by atoms with van der Waals surface area (Å²) in [6, 6.07) is 4.84. The molecule has 6 heteroatoms. The average molecular weight is 335 g/mol. The first-order valence-corrected chi connectivity index (χ1v) is 6.49. The molecular formula is C14H11BrN2O3. The topological polar surface area (TPSA) is 58.6 Å². The molecule has 0 atom stereocenters. The smallest absolute Gasteiger partial charge is 0.328 e. The summed E-state index contributed by atoms with van der Waals surface area (Å²) in [6.45, 7) is 0.179. The molecule has 1 heterocycles. The minimum atomic E-state index is -0.436. The lowest BCUT2D eigenvalue weighted by atomic mass is 10.2. The maximum Gasteiger partial charge on any atom is 0.328 e. The monoisotopic (exact) mass is 334 g/mol. The number of ether oxygens (including phenoxy) is 1. The molecule has 5 nitrogen and oxygen atoms in total. The number of rotatable bonds is 3. The van der Waals surface area contributed by atoms with Crippen molar-refractivity contribution in [1.29, 1.82) is 0 Å². The Labute approximate surface area is 124 Å². The number of nitrogens with one attached hydrogen (secondary N) is 1. The van der Waals surface area contributed by atoms with E-state index in [0.29, 0.717) is 10.2 Å². The van der Waals surface area contributed by atoms with Crippen LogP contribution in [0.25, 0.3) is 6.08 Å². The second-order valence-electron chi connectivity index (χ2n) is 4.03. The third-order valence-electron chi connectivity index (χ3n) is 2.66. The van der Waals surface area contributed by atoms with E-state index in [-0.39, 0.29) is 18.2 Å². The zero-order valence-corrected chi connectivity index (χ0v) is 12.2. The zero-order chi connectivity index (χ0) is 14.7. The number of halogens is 1. The molecule has 0 radical (unpaired) electrons. The van der Waals surface area contributed by atoms with Crippen LogP contribution in [0.2, 0.25) is 0 Å². The Kier molecular flexibility index (Phi) is 4.11. The van der Waals surface area contributed by atoms with Crippen molar-refractivity contribution in [2.45, 2.75) is 0 Å². The minimum Gasteiger partial charge on any atom is -0.480 e. The van der Waals surface area contributed by atoms with Gasteiger partial charge in [-0.05, 0) is 39.7 Å². The van der Waals surface area contributed by atoms with Gasteiger partial charge in [-0.15, -0.1) is 6.42 Å². The number of imide groups is 1. The maximum atomic E-state index is 11.7. The van der Waals surface area contributed by atoms with E-state index >= 15 is 0 Å². The lowest BCUT2D eigenvalue weighted by molar-refractivity contribution is -0.121. The fourth-order valence-electron chi connectivity index (χ4n) is 1.63. The second kappa shape index (κ2) is 5.80. The van der Waals surface area contributed by atoms with Crippen molar-refractivity contribution in [3.8, 4) is 18.1 Å². The summed E-state index contributed by atoms with van der Waals surface area (Å²) >= 11 is 3.36. The molecule has 1 aliphatic heterocycles. The number of carbonyl (C=O) groups excluding carboxylic acids is 2. The molecule has 20 heavy (non-hydrogen) atoms. The standard InChI is InChI=1S/C14H11BrN2O3/c1-3-6-20-12-5-4-9(7-10(12)15)8-11-13(18)17(2)14(19)16-11/h1,4-5,7-8H,6H2,2H3,(H,16,19)/b11-8+. The number of likely N-dealkylation sites (N-methyl/N-ethyl adjacent to an activating group) is 1. The molecule has 1 saturated heterocycles. The Morgan fingerprint density at radius 1 is 1.50 bits per heavy atom. The molecule has 0 aromatic heterocycles. The number of terminal acetylenes is 1.